The number of hydrogen-bond donors (Lipinski definition) is 0. The number of fused-ring (bicyclic) bond motifs is 2. The number of anilines is 1. The molecule has 0 saturated carbocycles. The van der Waals surface area contributed by atoms with Crippen LogP contribution in [0.15, 0.2) is 36.4 Å². The van der Waals surface area contributed by atoms with Gasteiger partial charge in [-0.3, -0.25) is 9.69 Å². The van der Waals surface area contributed by atoms with Crippen LogP contribution < -0.4 is 4.90 Å². The molecule has 0 atom stereocenters. The van der Waals surface area contributed by atoms with Crippen molar-refractivity contribution in [3.63, 3.8) is 0 Å². The van der Waals surface area contributed by atoms with Crippen LogP contribution in [-0.4, -0.2) is 43.0 Å². The summed E-state index contributed by atoms with van der Waals surface area (Å²) in [6.45, 7) is 5.65. The molecule has 0 aliphatic carbocycles. The number of carbonyl (C=O) groups is 1. The molecular weight excluding hydrogens is 434 g/mol. The molecule has 156 valence electrons. The molecule has 0 saturated heterocycles. The molecule has 2 heterocycles. The summed E-state index contributed by atoms with van der Waals surface area (Å²) in [6.07, 6.45) is 0.856. The molecule has 0 N–H and O–H groups in total. The Morgan fingerprint density at radius 3 is 2.57 bits per heavy atom. The average Bonchev–Trinajstić information content (AvgIpc) is 3.26. The summed E-state index contributed by atoms with van der Waals surface area (Å²) in [7, 11) is 4.08. The fourth-order valence-electron chi connectivity index (χ4n) is 3.58. The van der Waals surface area contributed by atoms with Crippen LogP contribution in [0.5, 0.6) is 0 Å². The summed E-state index contributed by atoms with van der Waals surface area (Å²) in [5.41, 5.74) is 3.30. The molecule has 0 radical (unpaired) electrons. The molecule has 4 aromatic rings. The number of benzene rings is 2. The third kappa shape index (κ3) is 4.10. The van der Waals surface area contributed by atoms with Crippen molar-refractivity contribution in [1.29, 1.82) is 0 Å². The Hall–Kier alpha value is -1.99. The molecule has 0 spiro atoms. The molecular formula is C23H24ClN3OS2. The summed E-state index contributed by atoms with van der Waals surface area (Å²) in [6, 6.07) is 12.2. The maximum absolute atomic E-state index is 13.6. The zero-order valence-electron chi connectivity index (χ0n) is 17.5. The monoisotopic (exact) mass is 457 g/mol. The van der Waals surface area contributed by atoms with E-state index in [0.29, 0.717) is 16.4 Å². The van der Waals surface area contributed by atoms with E-state index in [4.69, 9.17) is 16.6 Å². The lowest BCUT2D eigenvalue weighted by Gasteiger charge is -2.20. The van der Waals surface area contributed by atoms with Crippen LogP contribution in [-0.2, 0) is 0 Å². The smallest absolute Gasteiger partial charge is 0.271 e. The van der Waals surface area contributed by atoms with Gasteiger partial charge in [-0.2, -0.15) is 0 Å². The molecule has 1 amide bonds. The summed E-state index contributed by atoms with van der Waals surface area (Å²) in [4.78, 5) is 23.0. The third-order valence-electron chi connectivity index (χ3n) is 5.01. The van der Waals surface area contributed by atoms with E-state index < -0.39 is 0 Å². The number of nitrogens with zero attached hydrogens (tertiary/aromatic N) is 3. The fourth-order valence-corrected chi connectivity index (χ4v) is 6.20. The highest BCUT2D eigenvalue weighted by atomic mass is 35.5. The standard InChI is InChI=1S/C23H24ClN3OS2/c1-14-12-15(2)20-18(13-14)30-23(25-20)27(11-7-10-26(3)4)22(28)21-19(24)16-8-5-6-9-17(16)29-21/h5-6,8-9,12-13H,7,10-11H2,1-4H3. The van der Waals surface area contributed by atoms with Gasteiger partial charge in [-0.1, -0.05) is 47.2 Å². The molecule has 0 aliphatic rings. The molecule has 0 fully saturated rings. The quantitative estimate of drug-likeness (QED) is 0.337. The van der Waals surface area contributed by atoms with Crippen LogP contribution in [0, 0.1) is 13.8 Å². The molecule has 0 aliphatic heterocycles. The zero-order chi connectivity index (χ0) is 21.4. The number of thiazole rings is 1. The van der Waals surface area contributed by atoms with Crippen molar-refractivity contribution in [1.82, 2.24) is 9.88 Å². The first-order valence-electron chi connectivity index (χ1n) is 9.86. The van der Waals surface area contributed by atoms with Crippen LogP contribution in [0.3, 0.4) is 0 Å². The Bertz CT molecular complexity index is 1230. The molecule has 2 aromatic heterocycles. The van der Waals surface area contributed by atoms with Gasteiger partial charge in [0.25, 0.3) is 5.91 Å². The Kier molecular flexibility index (Phi) is 6.11. The van der Waals surface area contributed by atoms with E-state index >= 15 is 0 Å². The van der Waals surface area contributed by atoms with Gasteiger partial charge in [0.1, 0.15) is 4.88 Å². The topological polar surface area (TPSA) is 36.4 Å². The number of rotatable bonds is 6. The second-order valence-electron chi connectivity index (χ2n) is 7.78. The van der Waals surface area contributed by atoms with Crippen LogP contribution in [0.2, 0.25) is 5.02 Å². The fraction of sp³-hybridized carbons (Fsp3) is 0.304. The van der Waals surface area contributed by atoms with Gasteiger partial charge >= 0.3 is 0 Å². The molecule has 4 nitrogen and oxygen atoms in total. The third-order valence-corrected chi connectivity index (χ3v) is 7.70. The summed E-state index contributed by atoms with van der Waals surface area (Å²) < 4.78 is 2.13. The van der Waals surface area contributed by atoms with Crippen molar-refractivity contribution in [2.24, 2.45) is 0 Å². The highest BCUT2D eigenvalue weighted by molar-refractivity contribution is 7.23. The Morgan fingerprint density at radius 2 is 1.83 bits per heavy atom. The number of carbonyl (C=O) groups excluding carboxylic acids is 1. The number of halogens is 1. The van der Waals surface area contributed by atoms with Crippen molar-refractivity contribution < 1.29 is 4.79 Å². The molecule has 0 bridgehead atoms. The van der Waals surface area contributed by atoms with Crippen molar-refractivity contribution >= 4 is 65.6 Å². The Labute approximate surface area is 189 Å². The first-order chi connectivity index (χ1) is 14.3. The molecule has 2 aromatic carbocycles. The normalized spacial score (nSPS) is 11.7. The van der Waals surface area contributed by atoms with Gasteiger partial charge in [-0.15, -0.1) is 11.3 Å². The van der Waals surface area contributed by atoms with Crippen LogP contribution >= 0.6 is 34.3 Å². The van der Waals surface area contributed by atoms with Crippen molar-refractivity contribution in [3.8, 4) is 0 Å². The van der Waals surface area contributed by atoms with Crippen LogP contribution in [0.1, 0.15) is 27.2 Å². The van der Waals surface area contributed by atoms with Gasteiger partial charge in [-0.05, 0) is 64.2 Å². The van der Waals surface area contributed by atoms with Gasteiger partial charge in [-0.25, -0.2) is 4.98 Å². The minimum Gasteiger partial charge on any atom is -0.309 e. The van der Waals surface area contributed by atoms with E-state index in [-0.39, 0.29) is 5.91 Å². The van der Waals surface area contributed by atoms with Gasteiger partial charge in [0.2, 0.25) is 0 Å². The molecule has 4 rings (SSSR count). The average molecular weight is 458 g/mol. The minimum atomic E-state index is -0.0756. The number of aromatic nitrogens is 1. The zero-order valence-corrected chi connectivity index (χ0v) is 19.9. The number of amides is 1. The van der Waals surface area contributed by atoms with Gasteiger partial charge < -0.3 is 4.90 Å². The number of thiophene rings is 1. The predicted octanol–water partition coefficient (Wildman–Crippen LogP) is 6.38. The van der Waals surface area contributed by atoms with Crippen molar-refractivity contribution in [2.45, 2.75) is 20.3 Å². The first kappa shape index (κ1) is 21.2. The van der Waals surface area contributed by atoms with Gasteiger partial charge in [0.05, 0.1) is 15.2 Å². The van der Waals surface area contributed by atoms with E-state index in [1.54, 1.807) is 16.2 Å². The van der Waals surface area contributed by atoms with E-state index in [9.17, 15) is 4.79 Å². The largest absolute Gasteiger partial charge is 0.309 e. The van der Waals surface area contributed by atoms with E-state index in [1.165, 1.54) is 16.9 Å². The highest BCUT2D eigenvalue weighted by Crippen LogP contribution is 2.38. The predicted molar refractivity (Wildman–Crippen MR) is 131 cm³/mol. The van der Waals surface area contributed by atoms with Crippen LogP contribution in [0.4, 0.5) is 5.13 Å². The second-order valence-corrected chi connectivity index (χ2v) is 10.2. The lowest BCUT2D eigenvalue weighted by Crippen LogP contribution is -2.33. The maximum Gasteiger partial charge on any atom is 0.271 e. The van der Waals surface area contributed by atoms with Gasteiger partial charge in [0.15, 0.2) is 5.13 Å². The van der Waals surface area contributed by atoms with E-state index in [0.717, 1.165) is 44.0 Å². The summed E-state index contributed by atoms with van der Waals surface area (Å²) in [5.74, 6) is -0.0756. The SMILES string of the molecule is Cc1cc(C)c2nc(N(CCCN(C)C)C(=O)c3sc4ccccc4c3Cl)sc2c1. The van der Waals surface area contributed by atoms with E-state index in [1.807, 2.05) is 38.4 Å². The minimum absolute atomic E-state index is 0.0756. The lowest BCUT2D eigenvalue weighted by atomic mass is 10.1. The van der Waals surface area contributed by atoms with E-state index in [2.05, 4.69) is 30.9 Å². The van der Waals surface area contributed by atoms with Crippen LogP contribution in [0.25, 0.3) is 20.3 Å². The number of aryl methyl sites for hydroxylation is 2. The Morgan fingerprint density at radius 1 is 1.07 bits per heavy atom. The second kappa shape index (κ2) is 8.63. The molecule has 30 heavy (non-hydrogen) atoms. The first-order valence-corrected chi connectivity index (χ1v) is 11.9. The highest BCUT2D eigenvalue weighted by Gasteiger charge is 2.26. The molecule has 0 unspecified atom stereocenters. The maximum atomic E-state index is 13.6. The van der Waals surface area contributed by atoms with Crippen molar-refractivity contribution in [2.75, 3.05) is 32.1 Å². The number of hydrogen-bond acceptors (Lipinski definition) is 5. The molecule has 7 heteroatoms. The summed E-state index contributed by atoms with van der Waals surface area (Å²) in [5, 5.41) is 2.19. The lowest BCUT2D eigenvalue weighted by molar-refractivity contribution is 0.0990. The summed E-state index contributed by atoms with van der Waals surface area (Å²) >= 11 is 9.65. The van der Waals surface area contributed by atoms with Crippen molar-refractivity contribution in [3.05, 3.63) is 57.4 Å². The van der Waals surface area contributed by atoms with Gasteiger partial charge in [0, 0.05) is 16.6 Å². The Balaban J connectivity index is 1.76.